The second kappa shape index (κ2) is 6.44. The third-order valence-corrected chi connectivity index (χ3v) is 3.67. The molecule has 1 unspecified atom stereocenters. The fraction of sp³-hybridized carbons (Fsp3) is 0.167. The smallest absolute Gasteiger partial charge is 0.253 e. The SMILES string of the molecule is Cc1ccc(C(C)NC(=O)c2ccc(-n3cccn3)nc2)cc1. The molecule has 0 aliphatic carbocycles. The molecule has 23 heavy (non-hydrogen) atoms. The number of benzene rings is 1. The Bertz CT molecular complexity index is 777. The minimum atomic E-state index is -0.141. The highest BCUT2D eigenvalue weighted by Crippen LogP contribution is 2.14. The van der Waals surface area contributed by atoms with E-state index in [1.54, 1.807) is 29.2 Å². The molecule has 0 aliphatic rings. The van der Waals surface area contributed by atoms with Crippen LogP contribution in [0.3, 0.4) is 0 Å². The summed E-state index contributed by atoms with van der Waals surface area (Å²) >= 11 is 0. The number of amides is 1. The average Bonchev–Trinajstić information content (AvgIpc) is 3.10. The van der Waals surface area contributed by atoms with E-state index in [9.17, 15) is 4.79 Å². The van der Waals surface area contributed by atoms with Crippen LogP contribution < -0.4 is 5.32 Å². The van der Waals surface area contributed by atoms with Crippen LogP contribution in [0.4, 0.5) is 0 Å². The zero-order valence-electron chi connectivity index (χ0n) is 13.1. The van der Waals surface area contributed by atoms with Crippen molar-refractivity contribution in [2.24, 2.45) is 0 Å². The van der Waals surface area contributed by atoms with Gasteiger partial charge in [0, 0.05) is 18.6 Å². The van der Waals surface area contributed by atoms with Crippen LogP contribution >= 0.6 is 0 Å². The summed E-state index contributed by atoms with van der Waals surface area (Å²) in [6.07, 6.45) is 5.06. The standard InChI is InChI=1S/C18H18N4O/c1-13-4-6-15(7-5-13)14(2)21-18(23)16-8-9-17(19-12-16)22-11-3-10-20-22/h3-12,14H,1-2H3,(H,21,23). The van der Waals surface area contributed by atoms with Gasteiger partial charge in [-0.15, -0.1) is 0 Å². The Hall–Kier alpha value is -2.95. The van der Waals surface area contributed by atoms with E-state index in [4.69, 9.17) is 0 Å². The Morgan fingerprint density at radius 1 is 1.17 bits per heavy atom. The zero-order chi connectivity index (χ0) is 16.2. The summed E-state index contributed by atoms with van der Waals surface area (Å²) < 4.78 is 1.65. The second-order valence-corrected chi connectivity index (χ2v) is 5.46. The Kier molecular flexibility index (Phi) is 4.19. The van der Waals surface area contributed by atoms with Gasteiger partial charge in [-0.3, -0.25) is 4.79 Å². The van der Waals surface area contributed by atoms with Crippen molar-refractivity contribution in [2.75, 3.05) is 0 Å². The van der Waals surface area contributed by atoms with Gasteiger partial charge in [-0.1, -0.05) is 29.8 Å². The molecule has 1 aromatic carbocycles. The first-order chi connectivity index (χ1) is 11.1. The lowest BCUT2D eigenvalue weighted by Crippen LogP contribution is -2.26. The van der Waals surface area contributed by atoms with Crippen LogP contribution in [0.1, 0.15) is 34.5 Å². The molecule has 0 saturated heterocycles. The molecule has 0 radical (unpaired) electrons. The van der Waals surface area contributed by atoms with Gasteiger partial charge < -0.3 is 5.32 Å². The van der Waals surface area contributed by atoms with Gasteiger partial charge in [0.1, 0.15) is 0 Å². The van der Waals surface area contributed by atoms with Crippen LogP contribution in [0, 0.1) is 6.92 Å². The van der Waals surface area contributed by atoms with Crippen LogP contribution in [0.5, 0.6) is 0 Å². The first-order valence-electron chi connectivity index (χ1n) is 7.47. The largest absolute Gasteiger partial charge is 0.345 e. The lowest BCUT2D eigenvalue weighted by Gasteiger charge is -2.14. The first kappa shape index (κ1) is 15.0. The summed E-state index contributed by atoms with van der Waals surface area (Å²) in [6.45, 7) is 4.01. The number of carbonyl (C=O) groups is 1. The number of rotatable bonds is 4. The van der Waals surface area contributed by atoms with Gasteiger partial charge in [0.25, 0.3) is 5.91 Å². The normalized spacial score (nSPS) is 11.9. The molecule has 0 aliphatic heterocycles. The van der Waals surface area contributed by atoms with Crippen LogP contribution in [0.15, 0.2) is 61.1 Å². The molecule has 2 heterocycles. The van der Waals surface area contributed by atoms with E-state index in [0.29, 0.717) is 11.4 Å². The summed E-state index contributed by atoms with van der Waals surface area (Å²) in [5.41, 5.74) is 2.80. The van der Waals surface area contributed by atoms with Crippen LogP contribution in [0.2, 0.25) is 0 Å². The number of carbonyl (C=O) groups excluding carboxylic acids is 1. The molecule has 5 nitrogen and oxygen atoms in total. The number of hydrogen-bond donors (Lipinski definition) is 1. The number of nitrogens with one attached hydrogen (secondary N) is 1. The Balaban J connectivity index is 1.69. The van der Waals surface area contributed by atoms with Crippen molar-refractivity contribution in [3.63, 3.8) is 0 Å². The van der Waals surface area contributed by atoms with Crippen molar-refractivity contribution < 1.29 is 4.79 Å². The predicted molar refractivity (Wildman–Crippen MR) is 88.4 cm³/mol. The van der Waals surface area contributed by atoms with Gasteiger partial charge >= 0.3 is 0 Å². The van der Waals surface area contributed by atoms with Crippen molar-refractivity contribution >= 4 is 5.91 Å². The van der Waals surface area contributed by atoms with E-state index in [2.05, 4.69) is 15.4 Å². The number of nitrogens with zero attached hydrogens (tertiary/aromatic N) is 3. The molecule has 0 bridgehead atoms. The molecule has 3 aromatic rings. The first-order valence-corrected chi connectivity index (χ1v) is 7.47. The minimum absolute atomic E-state index is 0.0612. The summed E-state index contributed by atoms with van der Waals surface area (Å²) in [5.74, 6) is 0.538. The third kappa shape index (κ3) is 3.45. The molecule has 0 saturated carbocycles. The third-order valence-electron chi connectivity index (χ3n) is 3.67. The second-order valence-electron chi connectivity index (χ2n) is 5.46. The summed E-state index contributed by atoms with van der Waals surface area (Å²) in [6, 6.07) is 13.4. The van der Waals surface area contributed by atoms with E-state index in [-0.39, 0.29) is 11.9 Å². The van der Waals surface area contributed by atoms with Crippen molar-refractivity contribution in [1.29, 1.82) is 0 Å². The van der Waals surface area contributed by atoms with E-state index in [0.717, 1.165) is 5.56 Å². The van der Waals surface area contributed by atoms with Crippen molar-refractivity contribution in [2.45, 2.75) is 19.9 Å². The molecule has 116 valence electrons. The molecule has 0 fully saturated rings. The number of pyridine rings is 1. The fourth-order valence-corrected chi connectivity index (χ4v) is 2.28. The van der Waals surface area contributed by atoms with Gasteiger partial charge in [-0.25, -0.2) is 9.67 Å². The van der Waals surface area contributed by atoms with Gasteiger partial charge in [0.15, 0.2) is 5.82 Å². The van der Waals surface area contributed by atoms with Gasteiger partial charge in [0.05, 0.1) is 11.6 Å². The van der Waals surface area contributed by atoms with Crippen molar-refractivity contribution in [1.82, 2.24) is 20.1 Å². The van der Waals surface area contributed by atoms with Crippen LogP contribution in [0.25, 0.3) is 5.82 Å². The quantitative estimate of drug-likeness (QED) is 0.806. The zero-order valence-corrected chi connectivity index (χ0v) is 13.1. The maximum absolute atomic E-state index is 12.3. The van der Waals surface area contributed by atoms with Crippen LogP contribution in [-0.4, -0.2) is 20.7 Å². The molecule has 3 rings (SSSR count). The van der Waals surface area contributed by atoms with Crippen molar-refractivity contribution in [3.05, 3.63) is 77.7 Å². The molecule has 0 spiro atoms. The van der Waals surface area contributed by atoms with E-state index in [1.165, 1.54) is 5.56 Å². The monoisotopic (exact) mass is 306 g/mol. The highest BCUT2D eigenvalue weighted by atomic mass is 16.1. The van der Waals surface area contributed by atoms with Crippen LogP contribution in [-0.2, 0) is 0 Å². The van der Waals surface area contributed by atoms with Crippen molar-refractivity contribution in [3.8, 4) is 5.82 Å². The minimum Gasteiger partial charge on any atom is -0.345 e. The Morgan fingerprint density at radius 2 is 1.96 bits per heavy atom. The van der Waals surface area contributed by atoms with E-state index >= 15 is 0 Å². The number of aryl methyl sites for hydroxylation is 1. The predicted octanol–water partition coefficient (Wildman–Crippen LogP) is 3.07. The van der Waals surface area contributed by atoms with Gasteiger partial charge in [0.2, 0.25) is 0 Å². The maximum atomic E-state index is 12.3. The molecule has 1 N–H and O–H groups in total. The Morgan fingerprint density at radius 3 is 2.57 bits per heavy atom. The average molecular weight is 306 g/mol. The molecular weight excluding hydrogens is 288 g/mol. The number of aromatic nitrogens is 3. The maximum Gasteiger partial charge on any atom is 0.253 e. The van der Waals surface area contributed by atoms with Gasteiger partial charge in [-0.05, 0) is 37.6 Å². The van der Waals surface area contributed by atoms with Gasteiger partial charge in [-0.2, -0.15) is 5.10 Å². The summed E-state index contributed by atoms with van der Waals surface area (Å²) in [4.78, 5) is 16.6. The Labute approximate surface area is 135 Å². The highest BCUT2D eigenvalue weighted by molar-refractivity contribution is 5.94. The molecule has 1 atom stereocenters. The summed E-state index contributed by atoms with van der Waals surface area (Å²) in [5, 5.41) is 7.09. The lowest BCUT2D eigenvalue weighted by molar-refractivity contribution is 0.0939. The lowest BCUT2D eigenvalue weighted by atomic mass is 10.1. The molecular formula is C18H18N4O. The summed E-state index contributed by atoms with van der Waals surface area (Å²) in [7, 11) is 0. The molecule has 5 heteroatoms. The van der Waals surface area contributed by atoms with E-state index < -0.39 is 0 Å². The highest BCUT2D eigenvalue weighted by Gasteiger charge is 2.12. The molecule has 2 aromatic heterocycles. The van der Waals surface area contributed by atoms with E-state index in [1.807, 2.05) is 50.4 Å². The fourth-order valence-electron chi connectivity index (χ4n) is 2.28. The topological polar surface area (TPSA) is 59.8 Å². The number of hydrogen-bond acceptors (Lipinski definition) is 3. The molecule has 1 amide bonds.